The number of alkyl halides is 1. The fraction of sp³-hybridized carbons (Fsp3) is 0.261. The number of pyridine rings is 2. The first-order valence-electron chi connectivity index (χ1n) is 10.8. The van der Waals surface area contributed by atoms with Gasteiger partial charge in [-0.1, -0.05) is 0 Å². The molecule has 0 atom stereocenters. The molecule has 2 amide bonds. The molecule has 180 valence electrons. The van der Waals surface area contributed by atoms with E-state index in [-0.39, 0.29) is 30.2 Å². The molecule has 0 bridgehead atoms. The van der Waals surface area contributed by atoms with Gasteiger partial charge < -0.3 is 4.90 Å². The van der Waals surface area contributed by atoms with Gasteiger partial charge in [0, 0.05) is 56.6 Å². The van der Waals surface area contributed by atoms with Crippen molar-refractivity contribution < 1.29 is 22.9 Å². The van der Waals surface area contributed by atoms with Crippen LogP contribution in [0.1, 0.15) is 16.8 Å². The number of nitrogens with one attached hydrogen (secondary N) is 1. The lowest BCUT2D eigenvalue weighted by molar-refractivity contribution is -0.384. The van der Waals surface area contributed by atoms with E-state index in [4.69, 9.17) is 0 Å². The van der Waals surface area contributed by atoms with Crippen LogP contribution in [0.25, 0.3) is 11.3 Å². The van der Waals surface area contributed by atoms with E-state index in [1.165, 1.54) is 17.0 Å². The van der Waals surface area contributed by atoms with Gasteiger partial charge in [0.25, 0.3) is 0 Å². The van der Waals surface area contributed by atoms with Crippen LogP contribution in [0.15, 0.2) is 42.6 Å². The Hall–Kier alpha value is -4.06. The van der Waals surface area contributed by atoms with Crippen LogP contribution >= 0.6 is 0 Å². The number of hydrogen-bond donors (Lipinski definition) is 1. The van der Waals surface area contributed by atoms with E-state index in [2.05, 4.69) is 15.3 Å². The first kappa shape index (κ1) is 22.7. The zero-order chi connectivity index (χ0) is 24.7. The van der Waals surface area contributed by atoms with Crippen molar-refractivity contribution in [3.63, 3.8) is 0 Å². The van der Waals surface area contributed by atoms with Crippen LogP contribution in [0.4, 0.5) is 29.5 Å². The Bertz CT molecular complexity index is 1330. The van der Waals surface area contributed by atoms with Crippen molar-refractivity contribution in [1.82, 2.24) is 19.8 Å². The van der Waals surface area contributed by atoms with Gasteiger partial charge in [0.15, 0.2) is 0 Å². The number of hydrogen-bond acceptors (Lipinski definition) is 6. The third-order valence-corrected chi connectivity index (χ3v) is 5.95. The molecule has 0 radical (unpaired) electrons. The lowest BCUT2D eigenvalue weighted by Crippen LogP contribution is -2.47. The first-order chi connectivity index (χ1) is 16.8. The molecule has 9 nitrogen and oxygen atoms in total. The van der Waals surface area contributed by atoms with Crippen molar-refractivity contribution in [2.45, 2.75) is 25.8 Å². The molecule has 4 heterocycles. The molecule has 12 heteroatoms. The summed E-state index contributed by atoms with van der Waals surface area (Å²) in [5, 5.41) is 13.9. The highest BCUT2D eigenvalue weighted by Crippen LogP contribution is 2.30. The van der Waals surface area contributed by atoms with Crippen LogP contribution in [-0.4, -0.2) is 50.0 Å². The Morgan fingerprint density at radius 1 is 1.14 bits per heavy atom. The van der Waals surface area contributed by atoms with Gasteiger partial charge in [0.1, 0.15) is 17.8 Å². The fourth-order valence-electron chi connectivity index (χ4n) is 4.15. The van der Waals surface area contributed by atoms with Crippen LogP contribution < -0.4 is 5.32 Å². The van der Waals surface area contributed by atoms with Crippen LogP contribution in [-0.2, 0) is 19.6 Å². The molecule has 5 rings (SSSR count). The van der Waals surface area contributed by atoms with Gasteiger partial charge in [-0.15, -0.1) is 0 Å². The number of anilines is 1. The zero-order valence-corrected chi connectivity index (χ0v) is 18.2. The van der Waals surface area contributed by atoms with Gasteiger partial charge in [0.05, 0.1) is 16.3 Å². The molecule has 2 aliphatic rings. The number of nitrogens with zero attached hydrogens (tertiary/aromatic N) is 5. The molecule has 2 aromatic heterocycles. The number of likely N-dealkylation sites (tertiary alicyclic amines) is 1. The van der Waals surface area contributed by atoms with Gasteiger partial charge in [-0.25, -0.2) is 22.9 Å². The SMILES string of the molecule is O=C(Nc1nc(-c2ccc(F)cc2F)ccc1[N+](=O)[O-])N1Cc2cnc(CN3CC(F)C3)cc2C1. The lowest BCUT2D eigenvalue weighted by atomic mass is 10.1. The van der Waals surface area contributed by atoms with Crippen molar-refractivity contribution >= 4 is 17.5 Å². The van der Waals surface area contributed by atoms with Crippen molar-refractivity contribution in [2.24, 2.45) is 0 Å². The summed E-state index contributed by atoms with van der Waals surface area (Å²) in [5.41, 5.74) is 1.96. The normalized spacial score (nSPS) is 15.6. The number of halogens is 3. The van der Waals surface area contributed by atoms with E-state index in [9.17, 15) is 28.1 Å². The number of carbonyl (C=O) groups is 1. The minimum atomic E-state index is -0.887. The quantitative estimate of drug-likeness (QED) is 0.433. The summed E-state index contributed by atoms with van der Waals surface area (Å²) in [7, 11) is 0. The number of rotatable bonds is 5. The molecule has 35 heavy (non-hydrogen) atoms. The first-order valence-corrected chi connectivity index (χ1v) is 10.8. The van der Waals surface area contributed by atoms with Gasteiger partial charge in [0.2, 0.25) is 5.82 Å². The number of aromatic nitrogens is 2. The Balaban J connectivity index is 1.33. The van der Waals surface area contributed by atoms with Gasteiger partial charge in [-0.05, 0) is 35.4 Å². The van der Waals surface area contributed by atoms with E-state index in [0.717, 1.165) is 29.0 Å². The highest BCUT2D eigenvalue weighted by Gasteiger charge is 2.29. The third kappa shape index (κ3) is 4.64. The van der Waals surface area contributed by atoms with E-state index in [0.29, 0.717) is 25.7 Å². The predicted molar refractivity (Wildman–Crippen MR) is 119 cm³/mol. The van der Waals surface area contributed by atoms with Crippen LogP contribution in [0.5, 0.6) is 0 Å². The number of fused-ring (bicyclic) bond motifs is 1. The standard InChI is InChI=1S/C23H19F3N6O3/c24-15-1-2-18(19(26)6-15)20-3-4-21(32(34)35)22(28-20)29-23(33)31-8-13-5-17(27-7-14(13)9-31)12-30-10-16(25)11-30/h1-7,16H,8-12H2,(H,28,29,33). The summed E-state index contributed by atoms with van der Waals surface area (Å²) in [6, 6.07) is 6.46. The second-order valence-electron chi connectivity index (χ2n) is 8.47. The minimum absolute atomic E-state index is 0.00321. The van der Waals surface area contributed by atoms with Crippen molar-refractivity contribution in [3.05, 3.63) is 81.2 Å². The van der Waals surface area contributed by atoms with E-state index in [1.54, 1.807) is 6.20 Å². The number of benzene rings is 1. The van der Waals surface area contributed by atoms with Crippen molar-refractivity contribution in [1.29, 1.82) is 0 Å². The van der Waals surface area contributed by atoms with Crippen LogP contribution in [0.2, 0.25) is 0 Å². The average Bonchev–Trinajstić information content (AvgIpc) is 3.21. The molecule has 3 aromatic rings. The van der Waals surface area contributed by atoms with Gasteiger partial charge in [-0.3, -0.25) is 25.3 Å². The summed E-state index contributed by atoms with van der Waals surface area (Å²) in [4.78, 5) is 35.5. The molecule has 1 aromatic carbocycles. The largest absolute Gasteiger partial charge is 0.323 e. The maximum absolute atomic E-state index is 14.2. The molecule has 1 fully saturated rings. The van der Waals surface area contributed by atoms with Crippen molar-refractivity contribution in [3.8, 4) is 11.3 Å². The molecule has 0 aliphatic carbocycles. The maximum Gasteiger partial charge on any atom is 0.323 e. The highest BCUT2D eigenvalue weighted by atomic mass is 19.1. The Kier molecular flexibility index (Phi) is 5.81. The zero-order valence-electron chi connectivity index (χ0n) is 18.2. The summed E-state index contributed by atoms with van der Waals surface area (Å²) in [6.07, 6.45) is 0.864. The molecule has 2 aliphatic heterocycles. The van der Waals surface area contributed by atoms with E-state index < -0.39 is 34.4 Å². The Morgan fingerprint density at radius 2 is 1.91 bits per heavy atom. The smallest absolute Gasteiger partial charge is 0.316 e. The maximum atomic E-state index is 14.2. The fourth-order valence-corrected chi connectivity index (χ4v) is 4.15. The summed E-state index contributed by atoms with van der Waals surface area (Å²) >= 11 is 0. The second-order valence-corrected chi connectivity index (χ2v) is 8.47. The topological polar surface area (TPSA) is 104 Å². The number of amides is 2. The number of nitro groups is 1. The van der Waals surface area contributed by atoms with Gasteiger partial charge >= 0.3 is 11.7 Å². The Labute approximate surface area is 197 Å². The van der Waals surface area contributed by atoms with E-state index in [1.807, 2.05) is 11.0 Å². The summed E-state index contributed by atoms with van der Waals surface area (Å²) < 4.78 is 40.5. The number of carbonyl (C=O) groups excluding carboxylic acids is 1. The molecule has 1 N–H and O–H groups in total. The summed E-state index contributed by atoms with van der Waals surface area (Å²) in [6.45, 7) is 1.76. The monoisotopic (exact) mass is 484 g/mol. The minimum Gasteiger partial charge on any atom is -0.316 e. The molecular formula is C23H19F3N6O3. The van der Waals surface area contributed by atoms with E-state index >= 15 is 0 Å². The molecule has 0 saturated carbocycles. The van der Waals surface area contributed by atoms with Crippen LogP contribution in [0.3, 0.4) is 0 Å². The van der Waals surface area contributed by atoms with Gasteiger partial charge in [-0.2, -0.15) is 0 Å². The average molecular weight is 484 g/mol. The number of urea groups is 1. The summed E-state index contributed by atoms with van der Waals surface area (Å²) in [5.74, 6) is -2.01. The second kappa shape index (κ2) is 8.95. The lowest BCUT2D eigenvalue weighted by Gasteiger charge is -2.33. The van der Waals surface area contributed by atoms with Crippen molar-refractivity contribution in [2.75, 3.05) is 18.4 Å². The molecular weight excluding hydrogens is 465 g/mol. The van der Waals surface area contributed by atoms with Crippen LogP contribution in [0, 0.1) is 21.7 Å². The Morgan fingerprint density at radius 3 is 2.63 bits per heavy atom. The third-order valence-electron chi connectivity index (χ3n) is 5.95. The predicted octanol–water partition coefficient (Wildman–Crippen LogP) is 4.03. The molecule has 0 spiro atoms. The highest BCUT2D eigenvalue weighted by molar-refractivity contribution is 5.91. The molecule has 1 saturated heterocycles. The molecule has 0 unspecified atom stereocenters.